The second kappa shape index (κ2) is 5.93. The average molecular weight is 305 g/mol. The molecule has 0 saturated carbocycles. The number of nitro groups is 1. The summed E-state index contributed by atoms with van der Waals surface area (Å²) in [6.07, 6.45) is 0.168. The van der Waals surface area contributed by atoms with Gasteiger partial charge in [0.25, 0.3) is 5.69 Å². The molecule has 8 heteroatoms. The maximum absolute atomic E-state index is 12.0. The summed E-state index contributed by atoms with van der Waals surface area (Å²) in [4.78, 5) is 34.9. The molecule has 0 spiro atoms. The van der Waals surface area contributed by atoms with Crippen molar-refractivity contribution in [1.29, 1.82) is 5.26 Å². The van der Waals surface area contributed by atoms with Gasteiger partial charge in [-0.1, -0.05) is 11.8 Å². The molecule has 0 aromatic heterocycles. The maximum atomic E-state index is 12.0. The molecule has 1 saturated heterocycles. The van der Waals surface area contributed by atoms with Crippen LogP contribution in [0.15, 0.2) is 18.2 Å². The van der Waals surface area contributed by atoms with Crippen LogP contribution in [0.3, 0.4) is 0 Å². The number of benzene rings is 1. The molecule has 0 aliphatic carbocycles. The number of hydrogen-bond donors (Lipinski definition) is 0. The molecule has 0 radical (unpaired) electrons. The van der Waals surface area contributed by atoms with Crippen LogP contribution in [0.5, 0.6) is 0 Å². The summed E-state index contributed by atoms with van der Waals surface area (Å²) in [5, 5.41) is 19.6. The Bertz CT molecular complexity index is 668. The number of carbonyl (C=O) groups is 2. The van der Waals surface area contributed by atoms with Crippen LogP contribution in [0, 0.1) is 21.4 Å². The minimum atomic E-state index is -0.616. The van der Waals surface area contributed by atoms with Crippen LogP contribution in [0.25, 0.3) is 0 Å². The smallest absolute Gasteiger partial charge is 0.294 e. The van der Waals surface area contributed by atoms with Crippen LogP contribution in [0.2, 0.25) is 0 Å². The van der Waals surface area contributed by atoms with Crippen molar-refractivity contribution in [1.82, 2.24) is 0 Å². The van der Waals surface area contributed by atoms with E-state index in [0.29, 0.717) is 0 Å². The number of nitrogens with zero attached hydrogens (tertiary/aromatic N) is 3. The van der Waals surface area contributed by atoms with Gasteiger partial charge in [-0.2, -0.15) is 5.26 Å². The Morgan fingerprint density at radius 1 is 1.57 bits per heavy atom. The van der Waals surface area contributed by atoms with Crippen molar-refractivity contribution in [3.05, 3.63) is 33.9 Å². The highest BCUT2D eigenvalue weighted by Gasteiger charge is 2.35. The first-order chi connectivity index (χ1) is 9.92. The predicted octanol–water partition coefficient (Wildman–Crippen LogP) is 1.85. The molecule has 21 heavy (non-hydrogen) atoms. The number of thioether (sulfide) groups is 1. The van der Waals surface area contributed by atoms with Crippen LogP contribution < -0.4 is 4.90 Å². The number of rotatable bonds is 3. The van der Waals surface area contributed by atoms with Gasteiger partial charge in [0.2, 0.25) is 5.91 Å². The zero-order valence-corrected chi connectivity index (χ0v) is 11.9. The van der Waals surface area contributed by atoms with E-state index in [0.717, 1.165) is 17.8 Å². The summed E-state index contributed by atoms with van der Waals surface area (Å²) in [7, 11) is 0. The Labute approximate surface area is 124 Å². The third-order valence-corrected chi connectivity index (χ3v) is 4.00. The molecule has 0 N–H and O–H groups in total. The molecule has 0 bridgehead atoms. The molecule has 108 valence electrons. The summed E-state index contributed by atoms with van der Waals surface area (Å²) >= 11 is 1.06. The van der Waals surface area contributed by atoms with Gasteiger partial charge in [-0.15, -0.1) is 0 Å². The Balaban J connectivity index is 2.34. The van der Waals surface area contributed by atoms with Crippen molar-refractivity contribution in [2.45, 2.75) is 18.6 Å². The zero-order valence-electron chi connectivity index (χ0n) is 11.1. The van der Waals surface area contributed by atoms with E-state index in [1.807, 2.05) is 6.07 Å². The largest absolute Gasteiger partial charge is 0.305 e. The topological polar surface area (TPSA) is 104 Å². The lowest BCUT2D eigenvalue weighted by Gasteiger charge is -2.16. The lowest BCUT2D eigenvalue weighted by molar-refractivity contribution is -0.384. The second-order valence-corrected chi connectivity index (χ2v) is 5.99. The minimum Gasteiger partial charge on any atom is -0.305 e. The summed E-state index contributed by atoms with van der Waals surface area (Å²) < 4.78 is 0. The Hall–Kier alpha value is -2.40. The molecule has 1 aliphatic heterocycles. The van der Waals surface area contributed by atoms with Gasteiger partial charge in [-0.25, -0.2) is 0 Å². The minimum absolute atomic E-state index is 0.0935. The molecule has 7 nitrogen and oxygen atoms in total. The van der Waals surface area contributed by atoms with E-state index in [1.54, 1.807) is 0 Å². The average Bonchev–Trinajstić information content (AvgIpc) is 2.77. The number of nitro benzene ring substituents is 1. The van der Waals surface area contributed by atoms with Gasteiger partial charge in [-0.3, -0.25) is 19.7 Å². The van der Waals surface area contributed by atoms with Gasteiger partial charge in [0.1, 0.15) is 5.69 Å². The number of hydrogen-bond acceptors (Lipinski definition) is 6. The zero-order chi connectivity index (χ0) is 15.6. The predicted molar refractivity (Wildman–Crippen MR) is 76.8 cm³/mol. The van der Waals surface area contributed by atoms with Gasteiger partial charge in [0.15, 0.2) is 5.12 Å². The first-order valence-electron chi connectivity index (χ1n) is 6.08. The molecule has 1 aromatic carbocycles. The van der Waals surface area contributed by atoms with Crippen LogP contribution >= 0.6 is 11.8 Å². The number of carbonyl (C=O) groups excluding carboxylic acids is 2. The normalized spacial score (nSPS) is 17.6. The van der Waals surface area contributed by atoms with E-state index in [-0.39, 0.29) is 46.2 Å². The summed E-state index contributed by atoms with van der Waals surface area (Å²) in [5.74, 6) is -0.262. The summed E-state index contributed by atoms with van der Waals surface area (Å²) in [6.45, 7) is 1.66. The third-order valence-electron chi connectivity index (χ3n) is 3.01. The molecule has 1 heterocycles. The first kappa shape index (κ1) is 15.0. The maximum Gasteiger partial charge on any atom is 0.294 e. The van der Waals surface area contributed by atoms with Gasteiger partial charge >= 0.3 is 0 Å². The molecule has 1 amide bonds. The number of amides is 1. The Morgan fingerprint density at radius 3 is 2.86 bits per heavy atom. The molecule has 1 aromatic rings. The van der Waals surface area contributed by atoms with Crippen molar-refractivity contribution in [2.24, 2.45) is 0 Å². The van der Waals surface area contributed by atoms with Crippen molar-refractivity contribution >= 4 is 34.2 Å². The lowest BCUT2D eigenvalue weighted by atomic mass is 10.1. The van der Waals surface area contributed by atoms with E-state index in [2.05, 4.69) is 0 Å². The highest BCUT2D eigenvalue weighted by Crippen LogP contribution is 2.34. The third kappa shape index (κ3) is 3.20. The molecule has 1 unspecified atom stereocenters. The molecule has 1 atom stereocenters. The van der Waals surface area contributed by atoms with E-state index in [9.17, 15) is 19.7 Å². The standard InChI is InChI=1S/C13H11N3O4S/c1-8(17)21-10-5-13(18)15(7-10)11-3-2-9(6-14)4-12(11)16(19)20/h2-4,10H,5,7H2,1H3. The monoisotopic (exact) mass is 305 g/mol. The van der Waals surface area contributed by atoms with Gasteiger partial charge in [-0.05, 0) is 12.1 Å². The Morgan fingerprint density at radius 2 is 2.29 bits per heavy atom. The highest BCUT2D eigenvalue weighted by atomic mass is 32.2. The van der Waals surface area contributed by atoms with E-state index in [4.69, 9.17) is 5.26 Å². The number of anilines is 1. The SMILES string of the molecule is CC(=O)SC1CC(=O)N(c2ccc(C#N)cc2[N+](=O)[O-])C1. The quantitative estimate of drug-likeness (QED) is 0.623. The van der Waals surface area contributed by atoms with Crippen molar-refractivity contribution in [2.75, 3.05) is 11.4 Å². The summed E-state index contributed by atoms with van der Waals surface area (Å²) in [6, 6.07) is 5.81. The van der Waals surface area contributed by atoms with Crippen LogP contribution in [-0.4, -0.2) is 27.7 Å². The fourth-order valence-electron chi connectivity index (χ4n) is 2.19. The molecule has 1 fully saturated rings. The molecular formula is C13H11N3O4S. The molecule has 1 aliphatic rings. The first-order valence-corrected chi connectivity index (χ1v) is 6.96. The van der Waals surface area contributed by atoms with E-state index in [1.165, 1.54) is 24.0 Å². The summed E-state index contributed by atoms with van der Waals surface area (Å²) in [5.41, 5.74) is 0.0401. The van der Waals surface area contributed by atoms with E-state index >= 15 is 0 Å². The Kier molecular flexibility index (Phi) is 4.23. The van der Waals surface area contributed by atoms with Gasteiger partial charge in [0, 0.05) is 31.2 Å². The van der Waals surface area contributed by atoms with Crippen LogP contribution in [-0.2, 0) is 9.59 Å². The fourth-order valence-corrected chi connectivity index (χ4v) is 3.11. The molecule has 2 rings (SSSR count). The van der Waals surface area contributed by atoms with Gasteiger partial charge < -0.3 is 4.90 Å². The fraction of sp³-hybridized carbons (Fsp3) is 0.308. The van der Waals surface area contributed by atoms with E-state index < -0.39 is 4.92 Å². The number of nitriles is 1. The van der Waals surface area contributed by atoms with Crippen molar-refractivity contribution in [3.8, 4) is 6.07 Å². The lowest BCUT2D eigenvalue weighted by Crippen LogP contribution is -2.25. The van der Waals surface area contributed by atoms with Crippen LogP contribution in [0.4, 0.5) is 11.4 Å². The molecular weight excluding hydrogens is 294 g/mol. The van der Waals surface area contributed by atoms with Crippen LogP contribution in [0.1, 0.15) is 18.9 Å². The van der Waals surface area contributed by atoms with Crippen molar-refractivity contribution < 1.29 is 14.5 Å². The second-order valence-electron chi connectivity index (χ2n) is 4.51. The highest BCUT2D eigenvalue weighted by molar-refractivity contribution is 8.14. The van der Waals surface area contributed by atoms with Gasteiger partial charge in [0.05, 0.1) is 16.6 Å². The van der Waals surface area contributed by atoms with Crippen molar-refractivity contribution in [3.63, 3.8) is 0 Å².